The van der Waals surface area contributed by atoms with Crippen LogP contribution in [-0.4, -0.2) is 25.2 Å². The van der Waals surface area contributed by atoms with Crippen LogP contribution < -0.4 is 5.32 Å². The third kappa shape index (κ3) is 3.81. The van der Waals surface area contributed by atoms with Gasteiger partial charge in [0.25, 0.3) is 0 Å². The van der Waals surface area contributed by atoms with E-state index in [9.17, 15) is 9.18 Å². The molecule has 18 heavy (non-hydrogen) atoms. The molecule has 4 heteroatoms. The molecule has 3 nitrogen and oxygen atoms in total. The van der Waals surface area contributed by atoms with Crippen molar-refractivity contribution in [1.82, 2.24) is 5.32 Å². The summed E-state index contributed by atoms with van der Waals surface area (Å²) in [6.45, 7) is 1.29. The predicted molar refractivity (Wildman–Crippen MR) is 66.7 cm³/mol. The third-order valence-corrected chi connectivity index (χ3v) is 3.05. The molecule has 0 aromatic heterocycles. The van der Waals surface area contributed by atoms with Crippen molar-refractivity contribution < 1.29 is 13.9 Å². The zero-order chi connectivity index (χ0) is 12.8. The lowest BCUT2D eigenvalue weighted by molar-refractivity contribution is -0.130. The molecule has 2 rings (SSSR count). The Hall–Kier alpha value is -1.42. The number of hydrogen-bond acceptors (Lipinski definition) is 2. The second-order valence-corrected chi connectivity index (χ2v) is 4.53. The monoisotopic (exact) mass is 251 g/mol. The normalized spacial score (nSPS) is 18.8. The Morgan fingerprint density at radius 3 is 3.11 bits per heavy atom. The number of halogens is 1. The number of ether oxygens (including phenoxy) is 1. The van der Waals surface area contributed by atoms with E-state index in [4.69, 9.17) is 4.74 Å². The summed E-state index contributed by atoms with van der Waals surface area (Å²) in [5, 5.41) is 2.85. The number of rotatable bonds is 5. The lowest BCUT2D eigenvalue weighted by atomic mass is 10.1. The fraction of sp³-hybridized carbons (Fsp3) is 0.500. The molecule has 1 saturated heterocycles. The second kappa shape index (κ2) is 6.50. The van der Waals surface area contributed by atoms with Crippen molar-refractivity contribution in [3.63, 3.8) is 0 Å². The molecule has 0 spiro atoms. The highest BCUT2D eigenvalue weighted by Gasteiger charge is 2.22. The number of benzene rings is 1. The van der Waals surface area contributed by atoms with Crippen molar-refractivity contribution >= 4 is 5.91 Å². The van der Waals surface area contributed by atoms with E-state index in [2.05, 4.69) is 5.32 Å². The van der Waals surface area contributed by atoms with Gasteiger partial charge in [-0.15, -0.1) is 0 Å². The predicted octanol–water partition coefficient (Wildman–Crippen LogP) is 2.05. The minimum Gasteiger partial charge on any atom is -0.368 e. The van der Waals surface area contributed by atoms with Crippen LogP contribution in [0.3, 0.4) is 0 Å². The van der Waals surface area contributed by atoms with Crippen LogP contribution >= 0.6 is 0 Å². The first-order valence-electron chi connectivity index (χ1n) is 6.39. The zero-order valence-electron chi connectivity index (χ0n) is 10.3. The van der Waals surface area contributed by atoms with Gasteiger partial charge in [0, 0.05) is 13.2 Å². The molecular weight excluding hydrogens is 233 g/mol. The van der Waals surface area contributed by atoms with Gasteiger partial charge in [0.15, 0.2) is 0 Å². The molecule has 1 aromatic carbocycles. The minimum atomic E-state index is -0.265. The summed E-state index contributed by atoms with van der Waals surface area (Å²) in [6.07, 6.45) is 3.09. The van der Waals surface area contributed by atoms with Crippen LogP contribution in [0.25, 0.3) is 0 Å². The maximum absolute atomic E-state index is 12.9. The Balaban J connectivity index is 1.65. The van der Waals surface area contributed by atoms with Crippen LogP contribution in [0.1, 0.15) is 24.8 Å². The van der Waals surface area contributed by atoms with Crippen molar-refractivity contribution in [2.75, 3.05) is 13.2 Å². The van der Waals surface area contributed by atoms with Crippen molar-refractivity contribution in [3.8, 4) is 0 Å². The van der Waals surface area contributed by atoms with Gasteiger partial charge in [-0.05, 0) is 43.4 Å². The average molecular weight is 251 g/mol. The van der Waals surface area contributed by atoms with E-state index in [0.29, 0.717) is 13.2 Å². The standard InChI is InChI=1S/C14H18FNO2/c15-12-6-1-4-11(10-12)5-2-8-16-14(17)13-7-3-9-18-13/h1,4,6,10,13H,2-3,5,7-9H2,(H,16,17). The van der Waals surface area contributed by atoms with E-state index in [1.165, 1.54) is 12.1 Å². The van der Waals surface area contributed by atoms with Gasteiger partial charge in [-0.25, -0.2) is 4.39 Å². The SMILES string of the molecule is O=C(NCCCc1cccc(F)c1)C1CCCO1. The minimum absolute atomic E-state index is 0.0215. The summed E-state index contributed by atoms with van der Waals surface area (Å²) < 4.78 is 18.2. The van der Waals surface area contributed by atoms with E-state index in [1.54, 1.807) is 6.07 Å². The van der Waals surface area contributed by atoms with Gasteiger partial charge in [-0.1, -0.05) is 12.1 Å². The molecule has 1 aliphatic rings. The molecule has 1 heterocycles. The first kappa shape index (κ1) is 13.0. The number of nitrogens with one attached hydrogen (secondary N) is 1. The Morgan fingerprint density at radius 2 is 2.39 bits per heavy atom. The molecule has 1 atom stereocenters. The number of carbonyl (C=O) groups is 1. The van der Waals surface area contributed by atoms with Crippen LogP contribution in [0.2, 0.25) is 0 Å². The number of carbonyl (C=O) groups excluding carboxylic acids is 1. The van der Waals surface area contributed by atoms with Crippen molar-refractivity contribution in [1.29, 1.82) is 0 Å². The lowest BCUT2D eigenvalue weighted by Gasteiger charge is -2.10. The van der Waals surface area contributed by atoms with Crippen LogP contribution in [0.15, 0.2) is 24.3 Å². The second-order valence-electron chi connectivity index (χ2n) is 4.53. The fourth-order valence-corrected chi connectivity index (χ4v) is 2.09. The van der Waals surface area contributed by atoms with E-state index >= 15 is 0 Å². The van der Waals surface area contributed by atoms with Gasteiger partial charge in [0.1, 0.15) is 11.9 Å². The van der Waals surface area contributed by atoms with E-state index in [0.717, 1.165) is 31.2 Å². The highest BCUT2D eigenvalue weighted by molar-refractivity contribution is 5.80. The maximum Gasteiger partial charge on any atom is 0.249 e. The molecule has 0 bridgehead atoms. The van der Waals surface area contributed by atoms with Gasteiger partial charge in [-0.3, -0.25) is 4.79 Å². The van der Waals surface area contributed by atoms with Crippen molar-refractivity contribution in [3.05, 3.63) is 35.6 Å². The Kier molecular flexibility index (Phi) is 4.70. The van der Waals surface area contributed by atoms with E-state index in [-0.39, 0.29) is 17.8 Å². The van der Waals surface area contributed by atoms with Crippen LogP contribution in [0.5, 0.6) is 0 Å². The molecule has 1 fully saturated rings. The lowest BCUT2D eigenvalue weighted by Crippen LogP contribution is -2.34. The van der Waals surface area contributed by atoms with Crippen LogP contribution in [-0.2, 0) is 16.0 Å². The highest BCUT2D eigenvalue weighted by Crippen LogP contribution is 2.11. The zero-order valence-corrected chi connectivity index (χ0v) is 10.3. The largest absolute Gasteiger partial charge is 0.368 e. The fourth-order valence-electron chi connectivity index (χ4n) is 2.09. The Morgan fingerprint density at radius 1 is 1.50 bits per heavy atom. The summed E-state index contributed by atoms with van der Waals surface area (Å²) in [6, 6.07) is 6.56. The van der Waals surface area contributed by atoms with Crippen LogP contribution in [0, 0.1) is 5.82 Å². The quantitative estimate of drug-likeness (QED) is 0.813. The average Bonchev–Trinajstić information content (AvgIpc) is 2.88. The molecule has 0 saturated carbocycles. The summed E-state index contributed by atoms with van der Waals surface area (Å²) in [5.74, 6) is -0.234. The number of hydrogen-bond donors (Lipinski definition) is 1. The van der Waals surface area contributed by atoms with Gasteiger partial charge in [0.05, 0.1) is 0 Å². The first-order valence-corrected chi connectivity index (χ1v) is 6.39. The molecule has 1 aliphatic heterocycles. The van der Waals surface area contributed by atoms with E-state index < -0.39 is 0 Å². The Bertz CT molecular complexity index is 403. The molecule has 0 aliphatic carbocycles. The van der Waals surface area contributed by atoms with Crippen molar-refractivity contribution in [2.24, 2.45) is 0 Å². The number of amides is 1. The smallest absolute Gasteiger partial charge is 0.249 e. The van der Waals surface area contributed by atoms with Gasteiger partial charge >= 0.3 is 0 Å². The third-order valence-electron chi connectivity index (χ3n) is 3.05. The van der Waals surface area contributed by atoms with Gasteiger partial charge in [-0.2, -0.15) is 0 Å². The van der Waals surface area contributed by atoms with Gasteiger partial charge < -0.3 is 10.1 Å². The first-order chi connectivity index (χ1) is 8.75. The van der Waals surface area contributed by atoms with Gasteiger partial charge in [0.2, 0.25) is 5.91 Å². The maximum atomic E-state index is 12.9. The summed E-state index contributed by atoms with van der Waals surface area (Å²) in [5.41, 5.74) is 0.960. The van der Waals surface area contributed by atoms with Crippen LogP contribution in [0.4, 0.5) is 4.39 Å². The summed E-state index contributed by atoms with van der Waals surface area (Å²) in [7, 11) is 0. The number of aryl methyl sites for hydroxylation is 1. The Labute approximate surface area is 106 Å². The highest BCUT2D eigenvalue weighted by atomic mass is 19.1. The molecule has 1 amide bonds. The molecular formula is C14H18FNO2. The molecule has 1 aromatic rings. The summed E-state index contributed by atoms with van der Waals surface area (Å²) in [4.78, 5) is 11.6. The van der Waals surface area contributed by atoms with E-state index in [1.807, 2.05) is 6.07 Å². The topological polar surface area (TPSA) is 38.3 Å². The molecule has 98 valence electrons. The molecule has 1 N–H and O–H groups in total. The molecule has 1 unspecified atom stereocenters. The van der Waals surface area contributed by atoms with Crippen molar-refractivity contribution in [2.45, 2.75) is 31.8 Å². The summed E-state index contributed by atoms with van der Waals surface area (Å²) >= 11 is 0. The molecule has 0 radical (unpaired) electrons.